The maximum absolute atomic E-state index is 13.1. The average molecular weight is 370 g/mol. The van der Waals surface area contributed by atoms with Crippen LogP contribution in [0.15, 0.2) is 22.8 Å². The van der Waals surface area contributed by atoms with Crippen LogP contribution in [0.1, 0.15) is 71.1 Å². The smallest absolute Gasteiger partial charge is 0.289 e. The van der Waals surface area contributed by atoms with Crippen molar-refractivity contribution in [2.24, 2.45) is 0 Å². The van der Waals surface area contributed by atoms with E-state index in [1.54, 1.807) is 12.3 Å². The Morgan fingerprint density at radius 3 is 2.59 bits per heavy atom. The van der Waals surface area contributed by atoms with E-state index in [1.165, 1.54) is 12.8 Å². The third-order valence-corrected chi connectivity index (χ3v) is 5.42. The molecule has 0 aliphatic carbocycles. The van der Waals surface area contributed by atoms with Gasteiger partial charge in [0.2, 0.25) is 0 Å². The Hall–Kier alpha value is -2.57. The molecule has 0 radical (unpaired) electrons. The number of fused-ring (bicyclic) bond motifs is 1. The summed E-state index contributed by atoms with van der Waals surface area (Å²) in [4.78, 5) is 32.3. The van der Waals surface area contributed by atoms with E-state index in [0.29, 0.717) is 23.8 Å². The van der Waals surface area contributed by atoms with Crippen LogP contribution >= 0.6 is 0 Å². The van der Waals surface area contributed by atoms with Gasteiger partial charge in [0.15, 0.2) is 5.82 Å². The molecule has 0 atom stereocenters. The number of furan rings is 1. The molecule has 7 heteroatoms. The third kappa shape index (κ3) is 3.77. The number of rotatable bonds is 4. The first-order valence-corrected chi connectivity index (χ1v) is 9.93. The molecule has 0 saturated carbocycles. The number of nitrogens with zero attached hydrogens (tertiary/aromatic N) is 3. The van der Waals surface area contributed by atoms with Crippen LogP contribution in [0, 0.1) is 0 Å². The Bertz CT molecular complexity index is 802. The van der Waals surface area contributed by atoms with E-state index in [2.05, 4.69) is 10.3 Å². The predicted octanol–water partition coefficient (Wildman–Crippen LogP) is 2.76. The van der Waals surface area contributed by atoms with Gasteiger partial charge in [-0.2, -0.15) is 0 Å². The SMILES string of the molecule is O=C(NCc1ccco1)c1nc(C(=O)N2CCCCCC2)n2c1CCCC2. The first kappa shape index (κ1) is 17.8. The zero-order valence-electron chi connectivity index (χ0n) is 15.6. The van der Waals surface area contributed by atoms with Crippen LogP contribution in [0.25, 0.3) is 0 Å². The van der Waals surface area contributed by atoms with Crippen LogP contribution < -0.4 is 5.32 Å². The summed E-state index contributed by atoms with van der Waals surface area (Å²) in [6.45, 7) is 2.62. The van der Waals surface area contributed by atoms with Crippen molar-refractivity contribution in [3.8, 4) is 0 Å². The molecule has 4 heterocycles. The number of likely N-dealkylation sites (tertiary alicyclic amines) is 1. The van der Waals surface area contributed by atoms with Crippen molar-refractivity contribution in [2.45, 2.75) is 58.0 Å². The second-order valence-electron chi connectivity index (χ2n) is 7.31. The van der Waals surface area contributed by atoms with Crippen LogP contribution in [0.2, 0.25) is 0 Å². The number of carbonyl (C=O) groups excluding carboxylic acids is 2. The first-order chi connectivity index (χ1) is 13.2. The maximum atomic E-state index is 13.1. The van der Waals surface area contributed by atoms with Crippen molar-refractivity contribution in [3.05, 3.63) is 41.4 Å². The van der Waals surface area contributed by atoms with Crippen LogP contribution in [0.5, 0.6) is 0 Å². The van der Waals surface area contributed by atoms with Gasteiger partial charge in [0.1, 0.15) is 11.5 Å². The Kier molecular flexibility index (Phi) is 5.27. The summed E-state index contributed by atoms with van der Waals surface area (Å²) >= 11 is 0. The Morgan fingerprint density at radius 2 is 1.85 bits per heavy atom. The van der Waals surface area contributed by atoms with Gasteiger partial charge in [-0.3, -0.25) is 9.59 Å². The highest BCUT2D eigenvalue weighted by Crippen LogP contribution is 2.23. The van der Waals surface area contributed by atoms with Crippen molar-refractivity contribution in [3.63, 3.8) is 0 Å². The molecule has 0 unspecified atom stereocenters. The summed E-state index contributed by atoms with van der Waals surface area (Å²) < 4.78 is 7.24. The van der Waals surface area contributed by atoms with Crippen LogP contribution in [0.4, 0.5) is 0 Å². The molecule has 4 rings (SSSR count). The second-order valence-corrected chi connectivity index (χ2v) is 7.31. The van der Waals surface area contributed by atoms with Gasteiger partial charge in [-0.1, -0.05) is 12.8 Å². The third-order valence-electron chi connectivity index (χ3n) is 5.42. The zero-order chi connectivity index (χ0) is 18.6. The van der Waals surface area contributed by atoms with Crippen LogP contribution in [-0.2, 0) is 19.5 Å². The van der Waals surface area contributed by atoms with Gasteiger partial charge in [0.25, 0.3) is 11.8 Å². The number of hydrogen-bond donors (Lipinski definition) is 1. The number of imidazole rings is 1. The number of aromatic nitrogens is 2. The van der Waals surface area contributed by atoms with Crippen molar-refractivity contribution >= 4 is 11.8 Å². The molecular formula is C20H26N4O3. The number of carbonyl (C=O) groups is 2. The molecule has 7 nitrogen and oxygen atoms in total. The quantitative estimate of drug-likeness (QED) is 0.897. The van der Waals surface area contributed by atoms with E-state index >= 15 is 0 Å². The molecule has 2 aliphatic heterocycles. The van der Waals surface area contributed by atoms with E-state index in [4.69, 9.17) is 4.42 Å². The molecule has 1 saturated heterocycles. The minimum Gasteiger partial charge on any atom is -0.467 e. The van der Waals surface area contributed by atoms with Crippen molar-refractivity contribution in [1.82, 2.24) is 19.8 Å². The maximum Gasteiger partial charge on any atom is 0.289 e. The fraction of sp³-hybridized carbons (Fsp3) is 0.550. The lowest BCUT2D eigenvalue weighted by atomic mass is 10.1. The molecular weight excluding hydrogens is 344 g/mol. The van der Waals surface area contributed by atoms with E-state index in [9.17, 15) is 9.59 Å². The molecule has 2 aromatic heterocycles. The topological polar surface area (TPSA) is 80.4 Å². The Balaban J connectivity index is 1.57. The van der Waals surface area contributed by atoms with Crippen molar-refractivity contribution in [1.29, 1.82) is 0 Å². The van der Waals surface area contributed by atoms with Gasteiger partial charge in [-0.15, -0.1) is 0 Å². The zero-order valence-corrected chi connectivity index (χ0v) is 15.6. The molecule has 0 spiro atoms. The normalized spacial score (nSPS) is 17.3. The van der Waals surface area contributed by atoms with Crippen LogP contribution in [-0.4, -0.2) is 39.4 Å². The van der Waals surface area contributed by atoms with Crippen molar-refractivity contribution < 1.29 is 14.0 Å². The highest BCUT2D eigenvalue weighted by molar-refractivity contribution is 5.97. The average Bonchev–Trinajstić information content (AvgIpc) is 3.26. The first-order valence-electron chi connectivity index (χ1n) is 9.93. The summed E-state index contributed by atoms with van der Waals surface area (Å²) in [5.41, 5.74) is 1.27. The molecule has 2 aromatic rings. The minimum atomic E-state index is -0.244. The van der Waals surface area contributed by atoms with E-state index in [-0.39, 0.29) is 11.8 Å². The van der Waals surface area contributed by atoms with Crippen molar-refractivity contribution in [2.75, 3.05) is 13.1 Å². The molecule has 1 fully saturated rings. The molecule has 2 amide bonds. The Morgan fingerprint density at radius 1 is 1.07 bits per heavy atom. The molecule has 144 valence electrons. The van der Waals surface area contributed by atoms with E-state index in [1.807, 2.05) is 15.5 Å². The summed E-state index contributed by atoms with van der Waals surface area (Å²) in [7, 11) is 0. The molecule has 0 bridgehead atoms. The minimum absolute atomic E-state index is 0.0369. The van der Waals surface area contributed by atoms with Gasteiger partial charge >= 0.3 is 0 Å². The predicted molar refractivity (Wildman–Crippen MR) is 99.4 cm³/mol. The monoisotopic (exact) mass is 370 g/mol. The summed E-state index contributed by atoms with van der Waals surface area (Å²) in [5, 5.41) is 2.86. The fourth-order valence-electron chi connectivity index (χ4n) is 3.97. The lowest BCUT2D eigenvalue weighted by Gasteiger charge is -2.22. The Labute approximate surface area is 158 Å². The largest absolute Gasteiger partial charge is 0.467 e. The summed E-state index contributed by atoms with van der Waals surface area (Å²) in [5.74, 6) is 0.837. The number of amides is 2. The fourth-order valence-corrected chi connectivity index (χ4v) is 3.97. The molecule has 0 aromatic carbocycles. The highest BCUT2D eigenvalue weighted by atomic mass is 16.3. The molecule has 27 heavy (non-hydrogen) atoms. The number of hydrogen-bond acceptors (Lipinski definition) is 4. The van der Waals surface area contributed by atoms with Gasteiger partial charge < -0.3 is 19.2 Å². The van der Waals surface area contributed by atoms with Gasteiger partial charge in [-0.25, -0.2) is 4.98 Å². The van der Waals surface area contributed by atoms with Gasteiger partial charge in [-0.05, 0) is 44.2 Å². The van der Waals surface area contributed by atoms with E-state index in [0.717, 1.165) is 57.4 Å². The lowest BCUT2D eigenvalue weighted by Crippen LogP contribution is -2.34. The highest BCUT2D eigenvalue weighted by Gasteiger charge is 2.30. The standard InChI is InChI=1S/C20H26N4O3/c25-19(21-14-15-8-7-13-27-15)17-16-9-3-6-12-24(16)18(22-17)20(26)23-10-4-1-2-5-11-23/h7-8,13H,1-6,9-12,14H2,(H,21,25). The molecule has 2 aliphatic rings. The van der Waals surface area contributed by atoms with Gasteiger partial charge in [0, 0.05) is 19.6 Å². The van der Waals surface area contributed by atoms with E-state index < -0.39 is 0 Å². The summed E-state index contributed by atoms with van der Waals surface area (Å²) in [6.07, 6.45) is 8.81. The van der Waals surface area contributed by atoms with Crippen LogP contribution in [0.3, 0.4) is 0 Å². The second kappa shape index (κ2) is 7.98. The molecule has 1 N–H and O–H groups in total. The number of nitrogens with one attached hydrogen (secondary N) is 1. The lowest BCUT2D eigenvalue weighted by molar-refractivity contribution is 0.0743. The summed E-state index contributed by atoms with van der Waals surface area (Å²) in [6, 6.07) is 3.61. The van der Waals surface area contributed by atoms with Gasteiger partial charge in [0.05, 0.1) is 18.5 Å².